The second kappa shape index (κ2) is 4.26. The molecule has 0 bridgehead atoms. The highest BCUT2D eigenvalue weighted by molar-refractivity contribution is 7.08. The van der Waals surface area contributed by atoms with E-state index < -0.39 is 5.92 Å². The summed E-state index contributed by atoms with van der Waals surface area (Å²) in [7, 11) is 0. The molecule has 0 saturated carbocycles. The van der Waals surface area contributed by atoms with E-state index in [1.807, 2.05) is 22.9 Å². The number of rotatable bonds is 1. The van der Waals surface area contributed by atoms with E-state index >= 15 is 0 Å². The number of nitrogens with two attached hydrogens (primary N) is 1. The summed E-state index contributed by atoms with van der Waals surface area (Å²) in [6.45, 7) is 0. The maximum absolute atomic E-state index is 12.0. The van der Waals surface area contributed by atoms with Crippen molar-refractivity contribution < 1.29 is 4.74 Å². The number of ether oxygens (including phenoxy) is 1. The summed E-state index contributed by atoms with van der Waals surface area (Å²) in [6.07, 6.45) is 1.25. The van der Waals surface area contributed by atoms with Crippen LogP contribution in [0.2, 0.25) is 0 Å². The molecule has 3 rings (SSSR count). The van der Waals surface area contributed by atoms with Crippen LogP contribution in [0.1, 0.15) is 17.0 Å². The van der Waals surface area contributed by atoms with Gasteiger partial charge in [0.1, 0.15) is 11.6 Å². The molecule has 3 N–H and O–H groups in total. The average Bonchev–Trinajstić information content (AvgIpc) is 2.91. The summed E-state index contributed by atoms with van der Waals surface area (Å²) in [5.74, 6) is -0.391. The Kier molecular flexibility index (Phi) is 2.58. The van der Waals surface area contributed by atoms with Gasteiger partial charge in [-0.1, -0.05) is 0 Å². The molecule has 1 unspecified atom stereocenters. The lowest BCUT2D eigenvalue weighted by Gasteiger charge is -2.23. The fraction of sp³-hybridized carbons (Fsp3) is 0.0833. The number of H-pyrrole nitrogens is 1. The first-order valence-corrected chi connectivity index (χ1v) is 6.34. The Hall–Kier alpha value is -2.59. The van der Waals surface area contributed by atoms with Gasteiger partial charge < -0.3 is 15.5 Å². The molecular weight excluding hydrogens is 264 g/mol. The summed E-state index contributed by atoms with van der Waals surface area (Å²) in [6, 6.07) is 3.86. The minimum absolute atomic E-state index is 0.00991. The van der Waals surface area contributed by atoms with Gasteiger partial charge in [0.25, 0.3) is 5.56 Å². The molecule has 0 aromatic carbocycles. The Balaban J connectivity index is 2.31. The van der Waals surface area contributed by atoms with Gasteiger partial charge in [-0.15, -0.1) is 0 Å². The summed E-state index contributed by atoms with van der Waals surface area (Å²) >= 11 is 1.48. The maximum atomic E-state index is 12.0. The molecule has 94 valence electrons. The number of allylic oxidation sites excluding steroid dienone is 1. The van der Waals surface area contributed by atoms with Crippen molar-refractivity contribution in [2.75, 3.05) is 0 Å². The highest BCUT2D eigenvalue weighted by Crippen LogP contribution is 2.39. The molecule has 0 amide bonds. The molecule has 1 atom stereocenters. The van der Waals surface area contributed by atoms with Gasteiger partial charge in [-0.05, 0) is 22.4 Å². The maximum Gasteiger partial charge on any atom is 0.258 e. The highest BCUT2D eigenvalue weighted by atomic mass is 32.1. The second-order valence-corrected chi connectivity index (χ2v) is 4.71. The van der Waals surface area contributed by atoms with E-state index in [9.17, 15) is 10.1 Å². The molecule has 6 nitrogen and oxygen atoms in total. The number of aromatic nitrogens is 2. The molecule has 0 saturated heterocycles. The molecule has 1 aliphatic rings. The molecule has 0 spiro atoms. The van der Waals surface area contributed by atoms with Gasteiger partial charge in [-0.2, -0.15) is 16.6 Å². The van der Waals surface area contributed by atoms with Crippen molar-refractivity contribution in [2.45, 2.75) is 5.92 Å². The van der Waals surface area contributed by atoms with Gasteiger partial charge in [0.2, 0.25) is 11.8 Å². The fourth-order valence-electron chi connectivity index (χ4n) is 2.07. The van der Waals surface area contributed by atoms with Crippen molar-refractivity contribution in [3.05, 3.63) is 56.1 Å². The number of hydrogen-bond acceptors (Lipinski definition) is 6. The molecule has 19 heavy (non-hydrogen) atoms. The van der Waals surface area contributed by atoms with E-state index in [-0.39, 0.29) is 22.9 Å². The molecular formula is C12H8N4O2S. The van der Waals surface area contributed by atoms with E-state index in [4.69, 9.17) is 10.5 Å². The van der Waals surface area contributed by atoms with Crippen LogP contribution in [-0.2, 0) is 0 Å². The predicted molar refractivity (Wildman–Crippen MR) is 68.5 cm³/mol. The van der Waals surface area contributed by atoms with Gasteiger partial charge in [0, 0.05) is 0 Å². The van der Waals surface area contributed by atoms with Crippen molar-refractivity contribution in [1.29, 1.82) is 5.26 Å². The molecule has 2 aromatic rings. The Morgan fingerprint density at radius 3 is 3.11 bits per heavy atom. The van der Waals surface area contributed by atoms with E-state index in [1.54, 1.807) is 0 Å². The van der Waals surface area contributed by atoms with Gasteiger partial charge >= 0.3 is 0 Å². The van der Waals surface area contributed by atoms with Crippen LogP contribution in [0.4, 0.5) is 0 Å². The first-order chi connectivity index (χ1) is 9.22. The number of fused-ring (bicyclic) bond motifs is 1. The minimum atomic E-state index is -0.530. The zero-order chi connectivity index (χ0) is 13.4. The number of nitriles is 1. The molecule has 0 fully saturated rings. The Morgan fingerprint density at radius 2 is 2.42 bits per heavy atom. The van der Waals surface area contributed by atoms with E-state index in [2.05, 4.69) is 9.97 Å². The standard InChI is InChI=1S/C12H8N4O2S/c13-3-7-8(6-1-2-19-4-6)9-11(17)15-5-16-12(9)18-10(7)14/h1-2,4-5,8H,14H2,(H,15,16,17). The summed E-state index contributed by atoms with van der Waals surface area (Å²) in [5.41, 5.74) is 6.77. The van der Waals surface area contributed by atoms with Crippen molar-refractivity contribution in [3.63, 3.8) is 0 Å². The van der Waals surface area contributed by atoms with Crippen molar-refractivity contribution in [3.8, 4) is 11.9 Å². The van der Waals surface area contributed by atoms with Crippen LogP contribution in [0.3, 0.4) is 0 Å². The van der Waals surface area contributed by atoms with Crippen LogP contribution in [0.15, 0.2) is 39.4 Å². The SMILES string of the molecule is N#CC1=C(N)Oc2nc[nH]c(=O)c2C1c1ccsc1. The normalized spacial score (nSPS) is 17.5. The topological polar surface area (TPSA) is 105 Å². The number of nitrogens with zero attached hydrogens (tertiary/aromatic N) is 2. The van der Waals surface area contributed by atoms with Gasteiger partial charge in [0.05, 0.1) is 17.8 Å². The Labute approximate surface area is 111 Å². The largest absolute Gasteiger partial charge is 0.422 e. The van der Waals surface area contributed by atoms with Crippen molar-refractivity contribution in [1.82, 2.24) is 9.97 Å². The zero-order valence-electron chi connectivity index (χ0n) is 9.58. The third kappa shape index (κ3) is 1.70. The van der Waals surface area contributed by atoms with E-state index in [0.29, 0.717) is 5.56 Å². The molecule has 2 aromatic heterocycles. The monoisotopic (exact) mass is 272 g/mol. The lowest BCUT2D eigenvalue weighted by Crippen LogP contribution is -2.28. The minimum Gasteiger partial charge on any atom is -0.422 e. The zero-order valence-corrected chi connectivity index (χ0v) is 10.4. The average molecular weight is 272 g/mol. The lowest BCUT2D eigenvalue weighted by atomic mass is 9.87. The molecule has 7 heteroatoms. The second-order valence-electron chi connectivity index (χ2n) is 3.93. The molecule has 0 aliphatic carbocycles. The third-order valence-corrected chi connectivity index (χ3v) is 3.60. The fourth-order valence-corrected chi connectivity index (χ4v) is 2.75. The number of hydrogen-bond donors (Lipinski definition) is 2. The molecule has 0 radical (unpaired) electrons. The molecule has 3 heterocycles. The third-order valence-electron chi connectivity index (χ3n) is 2.90. The number of thiophene rings is 1. The van der Waals surface area contributed by atoms with Crippen LogP contribution in [0, 0.1) is 11.3 Å². The Morgan fingerprint density at radius 1 is 1.58 bits per heavy atom. The lowest BCUT2D eigenvalue weighted by molar-refractivity contribution is 0.375. The quantitative estimate of drug-likeness (QED) is 0.807. The van der Waals surface area contributed by atoms with E-state index in [0.717, 1.165) is 5.56 Å². The first-order valence-electron chi connectivity index (χ1n) is 5.39. The predicted octanol–water partition coefficient (Wildman–Crippen LogP) is 1.05. The van der Waals surface area contributed by atoms with Crippen LogP contribution in [-0.4, -0.2) is 9.97 Å². The first kappa shape index (κ1) is 11.5. The number of nitrogens with one attached hydrogen (secondary N) is 1. The smallest absolute Gasteiger partial charge is 0.258 e. The van der Waals surface area contributed by atoms with Crippen LogP contribution in [0.25, 0.3) is 0 Å². The van der Waals surface area contributed by atoms with Gasteiger partial charge in [0.15, 0.2) is 0 Å². The van der Waals surface area contributed by atoms with Crippen LogP contribution in [0.5, 0.6) is 5.88 Å². The summed E-state index contributed by atoms with van der Waals surface area (Å²) in [4.78, 5) is 18.4. The van der Waals surface area contributed by atoms with Gasteiger partial charge in [-0.3, -0.25) is 4.79 Å². The van der Waals surface area contributed by atoms with Crippen molar-refractivity contribution >= 4 is 11.3 Å². The van der Waals surface area contributed by atoms with Crippen molar-refractivity contribution in [2.24, 2.45) is 5.73 Å². The molecule has 1 aliphatic heterocycles. The summed E-state index contributed by atoms with van der Waals surface area (Å²) in [5, 5.41) is 13.0. The van der Waals surface area contributed by atoms with Gasteiger partial charge in [-0.25, -0.2) is 4.98 Å². The van der Waals surface area contributed by atoms with E-state index in [1.165, 1.54) is 17.7 Å². The number of aromatic amines is 1. The highest BCUT2D eigenvalue weighted by Gasteiger charge is 2.34. The Bertz CT molecular complexity index is 755. The van der Waals surface area contributed by atoms with Crippen LogP contribution >= 0.6 is 11.3 Å². The summed E-state index contributed by atoms with van der Waals surface area (Å²) < 4.78 is 5.25. The van der Waals surface area contributed by atoms with Crippen LogP contribution < -0.4 is 16.0 Å².